The number of aromatic nitrogens is 2. The molecule has 2 heterocycles. The van der Waals surface area contributed by atoms with E-state index in [9.17, 15) is 5.11 Å². The fraction of sp³-hybridized carbons (Fsp3) is 0.500. The minimum absolute atomic E-state index is 0.321. The van der Waals surface area contributed by atoms with Crippen LogP contribution in [0.5, 0.6) is 0 Å². The number of anilines is 1. The second kappa shape index (κ2) is 6.89. The zero-order chi connectivity index (χ0) is 16.4. The van der Waals surface area contributed by atoms with Crippen molar-refractivity contribution in [2.24, 2.45) is 5.92 Å². The van der Waals surface area contributed by atoms with Crippen molar-refractivity contribution >= 4 is 5.95 Å². The van der Waals surface area contributed by atoms with Gasteiger partial charge in [0.25, 0.3) is 0 Å². The SMILES string of the molecule is OC(c1ccccc1)C1CCN(c2ncc3c(n2)CCCC3)CC1. The highest BCUT2D eigenvalue weighted by Gasteiger charge is 2.27. The molecule has 4 heteroatoms. The second-order valence-electron chi connectivity index (χ2n) is 7.03. The standard InChI is InChI=1S/C20H25N3O/c24-19(15-6-2-1-3-7-15)16-10-12-23(13-11-16)20-21-14-17-8-4-5-9-18(17)22-20/h1-3,6-7,14,16,19,24H,4-5,8-13H2. The maximum atomic E-state index is 10.6. The normalized spacial score (nSPS) is 19.8. The Morgan fingerprint density at radius 2 is 1.79 bits per heavy atom. The highest BCUT2D eigenvalue weighted by Crippen LogP contribution is 2.32. The molecule has 0 amide bonds. The third-order valence-electron chi connectivity index (χ3n) is 5.46. The summed E-state index contributed by atoms with van der Waals surface area (Å²) in [5.41, 5.74) is 3.61. The Morgan fingerprint density at radius 1 is 1.04 bits per heavy atom. The zero-order valence-electron chi connectivity index (χ0n) is 14.1. The number of piperidine rings is 1. The topological polar surface area (TPSA) is 49.2 Å². The van der Waals surface area contributed by atoms with Crippen LogP contribution in [0.25, 0.3) is 0 Å². The molecule has 1 saturated heterocycles. The van der Waals surface area contributed by atoms with Gasteiger partial charge in [0.05, 0.1) is 6.10 Å². The van der Waals surface area contributed by atoms with Crippen molar-refractivity contribution in [1.82, 2.24) is 9.97 Å². The number of nitrogens with zero attached hydrogens (tertiary/aromatic N) is 3. The molecule has 4 rings (SSSR count). The molecule has 0 spiro atoms. The van der Waals surface area contributed by atoms with Gasteiger partial charge in [0.15, 0.2) is 0 Å². The van der Waals surface area contributed by atoms with E-state index in [0.717, 1.165) is 50.3 Å². The van der Waals surface area contributed by atoms with Crippen molar-refractivity contribution in [3.8, 4) is 0 Å². The predicted molar refractivity (Wildman–Crippen MR) is 95.0 cm³/mol. The van der Waals surface area contributed by atoms with Crippen molar-refractivity contribution in [1.29, 1.82) is 0 Å². The lowest BCUT2D eigenvalue weighted by atomic mass is 9.87. The number of aryl methyl sites for hydroxylation is 2. The van der Waals surface area contributed by atoms with Crippen molar-refractivity contribution in [2.75, 3.05) is 18.0 Å². The molecule has 1 unspecified atom stereocenters. The van der Waals surface area contributed by atoms with E-state index in [1.807, 2.05) is 36.5 Å². The Balaban J connectivity index is 1.41. The molecule has 0 bridgehead atoms. The molecule has 1 N–H and O–H groups in total. The van der Waals surface area contributed by atoms with Crippen LogP contribution in [0, 0.1) is 5.92 Å². The fourth-order valence-electron chi connectivity index (χ4n) is 3.95. The molecule has 0 radical (unpaired) electrons. The molecule has 1 aliphatic heterocycles. The Kier molecular flexibility index (Phi) is 4.48. The molecule has 24 heavy (non-hydrogen) atoms. The van der Waals surface area contributed by atoms with Gasteiger partial charge in [-0.1, -0.05) is 30.3 Å². The lowest BCUT2D eigenvalue weighted by molar-refractivity contribution is 0.0927. The van der Waals surface area contributed by atoms with Gasteiger partial charge in [-0.15, -0.1) is 0 Å². The Morgan fingerprint density at radius 3 is 2.58 bits per heavy atom. The fourth-order valence-corrected chi connectivity index (χ4v) is 3.95. The van der Waals surface area contributed by atoms with Crippen LogP contribution in [-0.2, 0) is 12.8 Å². The summed E-state index contributed by atoms with van der Waals surface area (Å²) in [5.74, 6) is 1.20. The third kappa shape index (κ3) is 3.16. The van der Waals surface area contributed by atoms with Gasteiger partial charge in [-0.25, -0.2) is 9.97 Å². The lowest BCUT2D eigenvalue weighted by Crippen LogP contribution is -2.37. The molecule has 1 aliphatic carbocycles. The van der Waals surface area contributed by atoms with E-state index >= 15 is 0 Å². The summed E-state index contributed by atoms with van der Waals surface area (Å²) >= 11 is 0. The van der Waals surface area contributed by atoms with Crippen LogP contribution in [0.1, 0.15) is 48.6 Å². The minimum Gasteiger partial charge on any atom is -0.388 e. The van der Waals surface area contributed by atoms with Crippen LogP contribution in [0.3, 0.4) is 0 Å². The third-order valence-corrected chi connectivity index (χ3v) is 5.46. The maximum absolute atomic E-state index is 10.6. The molecule has 2 aliphatic rings. The highest BCUT2D eigenvalue weighted by molar-refractivity contribution is 5.35. The first-order chi connectivity index (χ1) is 11.8. The van der Waals surface area contributed by atoms with E-state index in [-0.39, 0.29) is 6.10 Å². The van der Waals surface area contributed by atoms with Crippen LogP contribution in [0.4, 0.5) is 5.95 Å². The first-order valence-corrected chi connectivity index (χ1v) is 9.14. The van der Waals surface area contributed by atoms with Crippen LogP contribution in [0.15, 0.2) is 36.5 Å². The highest BCUT2D eigenvalue weighted by atomic mass is 16.3. The van der Waals surface area contributed by atoms with Crippen molar-refractivity contribution in [3.63, 3.8) is 0 Å². The molecule has 1 aromatic heterocycles. The van der Waals surface area contributed by atoms with Gasteiger partial charge in [-0.05, 0) is 55.6 Å². The first-order valence-electron chi connectivity index (χ1n) is 9.14. The zero-order valence-corrected chi connectivity index (χ0v) is 14.1. The summed E-state index contributed by atoms with van der Waals surface area (Å²) in [5, 5.41) is 10.6. The van der Waals surface area contributed by atoms with Gasteiger partial charge >= 0.3 is 0 Å². The molecular formula is C20H25N3O. The van der Waals surface area contributed by atoms with Gasteiger partial charge in [0.2, 0.25) is 5.95 Å². The largest absolute Gasteiger partial charge is 0.388 e. The molecular weight excluding hydrogens is 298 g/mol. The van der Waals surface area contributed by atoms with Gasteiger partial charge in [-0.2, -0.15) is 0 Å². The molecule has 2 aromatic rings. The van der Waals surface area contributed by atoms with Crippen molar-refractivity contribution in [3.05, 3.63) is 53.3 Å². The summed E-state index contributed by atoms with van der Waals surface area (Å²) < 4.78 is 0. The summed E-state index contributed by atoms with van der Waals surface area (Å²) in [4.78, 5) is 11.7. The summed E-state index contributed by atoms with van der Waals surface area (Å²) in [6.45, 7) is 1.85. The van der Waals surface area contributed by atoms with Crippen LogP contribution in [-0.4, -0.2) is 28.2 Å². The van der Waals surface area contributed by atoms with Gasteiger partial charge < -0.3 is 10.0 Å². The Bertz CT molecular complexity index is 681. The number of aliphatic hydroxyl groups is 1. The number of fused-ring (bicyclic) bond motifs is 1. The molecule has 1 aromatic carbocycles. The lowest BCUT2D eigenvalue weighted by Gasteiger charge is -2.34. The predicted octanol–water partition coefficient (Wildman–Crippen LogP) is 3.31. The Labute approximate surface area is 143 Å². The number of hydrogen-bond donors (Lipinski definition) is 1. The summed E-state index contributed by atoms with van der Waals surface area (Å²) in [7, 11) is 0. The molecule has 126 valence electrons. The van der Waals surface area contributed by atoms with E-state index < -0.39 is 0 Å². The summed E-state index contributed by atoms with van der Waals surface area (Å²) in [6, 6.07) is 10.0. The van der Waals surface area contributed by atoms with Crippen LogP contribution in [0.2, 0.25) is 0 Å². The van der Waals surface area contributed by atoms with E-state index in [1.54, 1.807) is 0 Å². The average molecular weight is 323 g/mol. The number of benzene rings is 1. The smallest absolute Gasteiger partial charge is 0.225 e. The molecule has 4 nitrogen and oxygen atoms in total. The Hall–Kier alpha value is -1.94. The van der Waals surface area contributed by atoms with Gasteiger partial charge in [0.1, 0.15) is 0 Å². The quantitative estimate of drug-likeness (QED) is 0.941. The van der Waals surface area contributed by atoms with Gasteiger partial charge in [0, 0.05) is 25.0 Å². The van der Waals surface area contributed by atoms with Crippen LogP contribution >= 0.6 is 0 Å². The van der Waals surface area contributed by atoms with E-state index in [1.165, 1.54) is 24.1 Å². The number of hydrogen-bond acceptors (Lipinski definition) is 4. The van der Waals surface area contributed by atoms with Gasteiger partial charge in [-0.3, -0.25) is 0 Å². The minimum atomic E-state index is -0.363. The number of aliphatic hydroxyl groups excluding tert-OH is 1. The summed E-state index contributed by atoms with van der Waals surface area (Å²) in [6.07, 6.45) is 8.36. The van der Waals surface area contributed by atoms with E-state index in [0.29, 0.717) is 5.92 Å². The maximum Gasteiger partial charge on any atom is 0.225 e. The number of rotatable bonds is 3. The molecule has 1 fully saturated rings. The van der Waals surface area contributed by atoms with Crippen LogP contribution < -0.4 is 4.90 Å². The first kappa shape index (κ1) is 15.6. The average Bonchev–Trinajstić information content (AvgIpc) is 2.68. The molecule has 0 saturated carbocycles. The van der Waals surface area contributed by atoms with Crippen molar-refractivity contribution in [2.45, 2.75) is 44.6 Å². The van der Waals surface area contributed by atoms with Crippen molar-refractivity contribution < 1.29 is 5.11 Å². The van der Waals surface area contributed by atoms with E-state index in [4.69, 9.17) is 4.98 Å². The van der Waals surface area contributed by atoms with E-state index in [2.05, 4.69) is 9.88 Å². The monoisotopic (exact) mass is 323 g/mol. The molecule has 1 atom stereocenters. The second-order valence-corrected chi connectivity index (χ2v) is 7.03.